The second kappa shape index (κ2) is 8.60. The van der Waals surface area contributed by atoms with E-state index in [1.165, 1.54) is 0 Å². The van der Waals surface area contributed by atoms with Gasteiger partial charge >= 0.3 is 0 Å². The van der Waals surface area contributed by atoms with Crippen molar-refractivity contribution in [1.29, 1.82) is 5.26 Å². The number of nitrogens with one attached hydrogen (secondary N) is 2. The largest absolute Gasteiger partial charge is 0.356 e. The fourth-order valence-electron chi connectivity index (χ4n) is 4.40. The lowest BCUT2D eigenvalue weighted by atomic mass is 9.75. The summed E-state index contributed by atoms with van der Waals surface area (Å²) < 4.78 is 0. The van der Waals surface area contributed by atoms with E-state index >= 15 is 0 Å². The molecule has 2 unspecified atom stereocenters. The van der Waals surface area contributed by atoms with Crippen LogP contribution in [0.4, 0.5) is 0 Å². The molecule has 29 heavy (non-hydrogen) atoms. The van der Waals surface area contributed by atoms with Gasteiger partial charge in [0, 0.05) is 36.0 Å². The van der Waals surface area contributed by atoms with Crippen molar-refractivity contribution >= 4 is 22.7 Å². The molecular weight excluding hydrogens is 364 g/mol. The highest BCUT2D eigenvalue weighted by molar-refractivity contribution is 5.83. The summed E-state index contributed by atoms with van der Waals surface area (Å²) in [5.41, 5.74) is 1.87. The molecule has 0 saturated heterocycles. The lowest BCUT2D eigenvalue weighted by molar-refractivity contribution is -0.128. The maximum absolute atomic E-state index is 12.4. The highest BCUT2D eigenvalue weighted by Gasteiger charge is 2.35. The average molecular weight is 390 g/mol. The van der Waals surface area contributed by atoms with Crippen molar-refractivity contribution in [3.05, 3.63) is 42.1 Å². The van der Waals surface area contributed by atoms with E-state index in [1.807, 2.05) is 30.3 Å². The number of pyridine rings is 1. The Balaban J connectivity index is 1.20. The van der Waals surface area contributed by atoms with E-state index < -0.39 is 0 Å². The van der Waals surface area contributed by atoms with Crippen molar-refractivity contribution in [3.8, 4) is 6.07 Å². The normalized spacial score (nSPS) is 25.8. The number of nitriles is 1. The lowest BCUT2D eigenvalue weighted by Crippen LogP contribution is -2.40. The van der Waals surface area contributed by atoms with E-state index in [2.05, 4.69) is 21.7 Å². The predicted octanol–water partition coefficient (Wildman–Crippen LogP) is 2.73. The maximum atomic E-state index is 12.4. The molecule has 2 aliphatic carbocycles. The second-order valence-electron chi connectivity index (χ2n) is 8.39. The summed E-state index contributed by atoms with van der Waals surface area (Å²) in [5.74, 6) is 0.574. The van der Waals surface area contributed by atoms with Gasteiger partial charge in [0.05, 0.1) is 18.0 Å². The van der Waals surface area contributed by atoms with Gasteiger partial charge in [0.2, 0.25) is 11.8 Å². The van der Waals surface area contributed by atoms with Gasteiger partial charge in [-0.2, -0.15) is 5.26 Å². The number of nitrogens with zero attached hydrogens (tertiary/aromatic N) is 2. The minimum atomic E-state index is 0.00740. The van der Waals surface area contributed by atoms with Crippen molar-refractivity contribution in [3.63, 3.8) is 0 Å². The molecule has 0 radical (unpaired) electrons. The van der Waals surface area contributed by atoms with Crippen LogP contribution in [0.5, 0.6) is 0 Å². The molecule has 4 rings (SSSR count). The minimum Gasteiger partial charge on any atom is -0.356 e. The topological polar surface area (TPSA) is 94.9 Å². The van der Waals surface area contributed by atoms with Crippen LogP contribution < -0.4 is 10.6 Å². The van der Waals surface area contributed by atoms with Crippen LogP contribution in [0.15, 0.2) is 36.5 Å². The molecule has 6 nitrogen and oxygen atoms in total. The number of fused-ring (bicyclic) bond motifs is 1. The van der Waals surface area contributed by atoms with Crippen LogP contribution >= 0.6 is 0 Å². The molecule has 2 aliphatic rings. The van der Waals surface area contributed by atoms with Gasteiger partial charge in [0.15, 0.2) is 0 Å². The van der Waals surface area contributed by atoms with E-state index in [9.17, 15) is 9.59 Å². The Morgan fingerprint density at radius 1 is 1.17 bits per heavy atom. The first-order chi connectivity index (χ1) is 14.1. The molecule has 1 aromatic carbocycles. The van der Waals surface area contributed by atoms with Gasteiger partial charge in [-0.1, -0.05) is 18.2 Å². The zero-order valence-electron chi connectivity index (χ0n) is 16.4. The van der Waals surface area contributed by atoms with Gasteiger partial charge in [-0.25, -0.2) is 0 Å². The van der Waals surface area contributed by atoms with Crippen molar-refractivity contribution < 1.29 is 9.59 Å². The number of carbonyl (C=O) groups is 2. The molecule has 2 amide bonds. The third kappa shape index (κ3) is 4.73. The Labute approximate surface area is 170 Å². The first kappa shape index (κ1) is 19.4. The minimum absolute atomic E-state index is 0.00740. The Bertz CT molecular complexity index is 945. The Hall–Kier alpha value is -2.94. The molecule has 1 aromatic heterocycles. The number of aromatic nitrogens is 1. The average Bonchev–Trinajstić information content (AvgIpc) is 3.12. The van der Waals surface area contributed by atoms with Crippen LogP contribution in [-0.2, 0) is 16.0 Å². The number of hydrogen-bond donors (Lipinski definition) is 2. The quantitative estimate of drug-likeness (QED) is 0.793. The zero-order valence-corrected chi connectivity index (χ0v) is 16.4. The maximum Gasteiger partial charge on any atom is 0.224 e. The summed E-state index contributed by atoms with van der Waals surface area (Å²) in [4.78, 5) is 28.9. The second-order valence-corrected chi connectivity index (χ2v) is 8.39. The molecule has 2 saturated carbocycles. The van der Waals surface area contributed by atoms with Crippen LogP contribution in [0, 0.1) is 29.1 Å². The third-order valence-electron chi connectivity index (χ3n) is 6.20. The molecule has 2 N–H and O–H groups in total. The van der Waals surface area contributed by atoms with Gasteiger partial charge in [-0.3, -0.25) is 14.6 Å². The van der Waals surface area contributed by atoms with E-state index in [4.69, 9.17) is 5.26 Å². The fraction of sp³-hybridized carbons (Fsp3) is 0.478. The van der Waals surface area contributed by atoms with Gasteiger partial charge < -0.3 is 10.6 Å². The van der Waals surface area contributed by atoms with E-state index in [1.54, 1.807) is 6.20 Å². The van der Waals surface area contributed by atoms with Crippen LogP contribution in [0.2, 0.25) is 0 Å². The summed E-state index contributed by atoms with van der Waals surface area (Å²) in [6.07, 6.45) is 6.35. The van der Waals surface area contributed by atoms with Crippen molar-refractivity contribution in [1.82, 2.24) is 15.6 Å². The Kier molecular flexibility index (Phi) is 5.75. The van der Waals surface area contributed by atoms with Crippen LogP contribution in [-0.4, -0.2) is 29.4 Å². The van der Waals surface area contributed by atoms with E-state index in [-0.39, 0.29) is 29.7 Å². The van der Waals surface area contributed by atoms with Gasteiger partial charge in [-0.15, -0.1) is 0 Å². The number of carbonyl (C=O) groups excluding carboxylic acids is 2. The first-order valence-electron chi connectivity index (χ1n) is 10.4. The number of benzene rings is 1. The Morgan fingerprint density at radius 3 is 2.86 bits per heavy atom. The molecule has 2 aromatic rings. The highest BCUT2D eigenvalue weighted by Crippen LogP contribution is 2.33. The number of hydrogen-bond acceptors (Lipinski definition) is 4. The lowest BCUT2D eigenvalue weighted by Gasteiger charge is -2.29. The molecule has 0 spiro atoms. The number of amides is 2. The summed E-state index contributed by atoms with van der Waals surface area (Å²) in [6, 6.07) is 12.3. The molecule has 2 atom stereocenters. The molecule has 2 fully saturated rings. The van der Waals surface area contributed by atoms with Crippen molar-refractivity contribution in [2.24, 2.45) is 17.8 Å². The molecule has 0 aliphatic heterocycles. The van der Waals surface area contributed by atoms with Gasteiger partial charge in [0.1, 0.15) is 0 Å². The van der Waals surface area contributed by atoms with E-state index in [0.29, 0.717) is 31.7 Å². The predicted molar refractivity (Wildman–Crippen MR) is 110 cm³/mol. The first-order valence-corrected chi connectivity index (χ1v) is 10.4. The summed E-state index contributed by atoms with van der Waals surface area (Å²) in [5, 5.41) is 16.1. The summed E-state index contributed by atoms with van der Waals surface area (Å²) >= 11 is 0. The monoisotopic (exact) mass is 390 g/mol. The summed E-state index contributed by atoms with van der Waals surface area (Å²) in [7, 11) is 0. The smallest absolute Gasteiger partial charge is 0.224 e. The van der Waals surface area contributed by atoms with Crippen molar-refractivity contribution in [2.45, 2.75) is 44.6 Å². The van der Waals surface area contributed by atoms with Crippen LogP contribution in [0.1, 0.15) is 37.7 Å². The van der Waals surface area contributed by atoms with Crippen LogP contribution in [0.25, 0.3) is 10.9 Å². The molecule has 1 heterocycles. The zero-order chi connectivity index (χ0) is 20.2. The standard InChI is InChI=1S/C23H26N4O2/c24-13-17-8-19(9-17)23(29)26-14-16-4-6-20(10-16)27-22(28)12-15-3-5-18-2-1-7-25-21(18)11-15/h1-3,5,7,11,16-17,19-20H,4,6,8-10,12,14H2,(H,26,29)(H,27,28). The molecule has 150 valence electrons. The summed E-state index contributed by atoms with van der Waals surface area (Å²) in [6.45, 7) is 0.662. The van der Waals surface area contributed by atoms with Crippen molar-refractivity contribution in [2.75, 3.05) is 6.54 Å². The molecule has 0 bridgehead atoms. The Morgan fingerprint density at radius 2 is 2.03 bits per heavy atom. The third-order valence-corrected chi connectivity index (χ3v) is 6.20. The molecule has 6 heteroatoms. The van der Waals surface area contributed by atoms with Gasteiger partial charge in [0.25, 0.3) is 0 Å². The van der Waals surface area contributed by atoms with Gasteiger partial charge in [-0.05, 0) is 55.7 Å². The van der Waals surface area contributed by atoms with Crippen LogP contribution in [0.3, 0.4) is 0 Å². The highest BCUT2D eigenvalue weighted by atomic mass is 16.2. The SMILES string of the molecule is N#CC1CC(C(=O)NCC2CCC(NC(=O)Cc3ccc4cccnc4c3)C2)C1. The number of rotatable bonds is 6. The molecular formula is C23H26N4O2. The van der Waals surface area contributed by atoms with E-state index in [0.717, 1.165) is 35.7 Å². The fourth-order valence-corrected chi connectivity index (χ4v) is 4.40.